The van der Waals surface area contributed by atoms with E-state index in [9.17, 15) is 4.79 Å². The number of hydrogen-bond acceptors (Lipinski definition) is 4. The second-order valence-electron chi connectivity index (χ2n) is 4.39. The van der Waals surface area contributed by atoms with Crippen molar-refractivity contribution in [3.05, 3.63) is 23.8 Å². The van der Waals surface area contributed by atoms with Crippen LogP contribution in [-0.4, -0.2) is 30.3 Å². The summed E-state index contributed by atoms with van der Waals surface area (Å²) in [6.07, 6.45) is 1.38. The number of hydrogen-bond donors (Lipinski definition) is 3. The van der Waals surface area contributed by atoms with Crippen molar-refractivity contribution in [1.29, 1.82) is 0 Å². The highest BCUT2D eigenvalue weighted by Gasteiger charge is 2.17. The van der Waals surface area contributed by atoms with Gasteiger partial charge in [0, 0.05) is 18.3 Å². The summed E-state index contributed by atoms with van der Waals surface area (Å²) in [5.41, 5.74) is 6.62. The van der Waals surface area contributed by atoms with Gasteiger partial charge in [-0.1, -0.05) is 6.07 Å². The van der Waals surface area contributed by atoms with Gasteiger partial charge in [0.2, 0.25) is 0 Å². The summed E-state index contributed by atoms with van der Waals surface area (Å²) in [4.78, 5) is 12.2. The molecule has 0 spiro atoms. The Morgan fingerprint density at radius 3 is 2.89 bits per heavy atom. The lowest BCUT2D eigenvalue weighted by Crippen LogP contribution is -2.33. The molecule has 19 heavy (non-hydrogen) atoms. The summed E-state index contributed by atoms with van der Waals surface area (Å²) in [6.45, 7) is 4.35. The van der Waals surface area contributed by atoms with Gasteiger partial charge in [-0.25, -0.2) is 0 Å². The number of nitrogens with one attached hydrogen (secondary N) is 1. The van der Waals surface area contributed by atoms with Gasteiger partial charge in [-0.05, 0) is 38.8 Å². The molecular formula is C14H22N2O3. The molecule has 1 amide bonds. The molecule has 1 aromatic rings. The lowest BCUT2D eigenvalue weighted by molar-refractivity contribution is 0.0933. The van der Waals surface area contributed by atoms with Crippen LogP contribution >= 0.6 is 0 Å². The topological polar surface area (TPSA) is 84.6 Å². The Morgan fingerprint density at radius 1 is 1.53 bits per heavy atom. The molecule has 1 unspecified atom stereocenters. The largest absolute Gasteiger partial charge is 0.493 e. The van der Waals surface area contributed by atoms with Crippen molar-refractivity contribution in [1.82, 2.24) is 5.32 Å². The molecule has 0 aromatic heterocycles. The van der Waals surface area contributed by atoms with Crippen LogP contribution in [0.5, 0.6) is 5.75 Å². The van der Waals surface area contributed by atoms with Crippen LogP contribution in [0.1, 0.15) is 37.0 Å². The first kappa shape index (κ1) is 15.3. The Kier molecular flexibility index (Phi) is 6.15. The maximum Gasteiger partial charge on any atom is 0.257 e. The Labute approximate surface area is 113 Å². The van der Waals surface area contributed by atoms with Crippen LogP contribution in [-0.2, 0) is 0 Å². The van der Waals surface area contributed by atoms with E-state index in [0.29, 0.717) is 30.0 Å². The van der Waals surface area contributed by atoms with E-state index in [1.165, 1.54) is 0 Å². The highest BCUT2D eigenvalue weighted by atomic mass is 16.5. The number of aliphatic hydroxyl groups is 1. The summed E-state index contributed by atoms with van der Waals surface area (Å²) in [5.74, 6) is 0.251. The fraction of sp³-hybridized carbons (Fsp3) is 0.500. The fourth-order valence-electron chi connectivity index (χ4n) is 1.83. The third-order valence-electron chi connectivity index (χ3n) is 2.76. The zero-order valence-electron chi connectivity index (χ0n) is 11.5. The number of rotatable bonds is 7. The average molecular weight is 266 g/mol. The van der Waals surface area contributed by atoms with Crippen LogP contribution in [0, 0.1) is 0 Å². The SMILES string of the molecule is CCOc1cccc(N)c1C(=O)NC(C)CCCO. The summed E-state index contributed by atoms with van der Waals surface area (Å²) in [5, 5.41) is 11.6. The zero-order valence-corrected chi connectivity index (χ0v) is 11.5. The van der Waals surface area contributed by atoms with Crippen LogP contribution in [0.25, 0.3) is 0 Å². The second-order valence-corrected chi connectivity index (χ2v) is 4.39. The Morgan fingerprint density at radius 2 is 2.26 bits per heavy atom. The summed E-state index contributed by atoms with van der Waals surface area (Å²) < 4.78 is 5.42. The van der Waals surface area contributed by atoms with Crippen molar-refractivity contribution in [2.75, 3.05) is 18.9 Å². The maximum absolute atomic E-state index is 12.2. The van der Waals surface area contributed by atoms with Crippen LogP contribution in [0.3, 0.4) is 0 Å². The van der Waals surface area contributed by atoms with Crippen molar-refractivity contribution >= 4 is 11.6 Å². The van der Waals surface area contributed by atoms with Gasteiger partial charge in [-0.15, -0.1) is 0 Å². The number of nitrogen functional groups attached to an aromatic ring is 1. The van der Waals surface area contributed by atoms with Crippen molar-refractivity contribution in [2.45, 2.75) is 32.7 Å². The number of nitrogens with two attached hydrogens (primary N) is 1. The molecule has 106 valence electrons. The number of aliphatic hydroxyl groups excluding tert-OH is 1. The summed E-state index contributed by atoms with van der Waals surface area (Å²) in [7, 11) is 0. The van der Waals surface area contributed by atoms with Crippen molar-refractivity contribution in [3.8, 4) is 5.75 Å². The Balaban J connectivity index is 2.80. The molecule has 0 fully saturated rings. The van der Waals surface area contributed by atoms with Crippen LogP contribution in [0.4, 0.5) is 5.69 Å². The predicted octanol–water partition coefficient (Wildman–Crippen LogP) is 1.56. The van der Waals surface area contributed by atoms with E-state index in [1.807, 2.05) is 13.8 Å². The molecule has 1 rings (SSSR count). The number of carbonyl (C=O) groups is 1. The van der Waals surface area contributed by atoms with Crippen molar-refractivity contribution < 1.29 is 14.6 Å². The molecule has 0 heterocycles. The number of anilines is 1. The normalized spacial score (nSPS) is 11.9. The molecule has 0 aliphatic heterocycles. The second kappa shape index (κ2) is 7.63. The number of benzene rings is 1. The predicted molar refractivity (Wildman–Crippen MR) is 75.3 cm³/mol. The van der Waals surface area contributed by atoms with Gasteiger partial charge in [0.15, 0.2) is 0 Å². The first-order chi connectivity index (χ1) is 9.10. The minimum absolute atomic E-state index is 0.0197. The van der Waals surface area contributed by atoms with Crippen molar-refractivity contribution in [3.63, 3.8) is 0 Å². The zero-order chi connectivity index (χ0) is 14.3. The Hall–Kier alpha value is -1.75. The molecule has 0 saturated heterocycles. The van der Waals surface area contributed by atoms with Gasteiger partial charge in [0.25, 0.3) is 5.91 Å². The van der Waals surface area contributed by atoms with Gasteiger partial charge in [-0.2, -0.15) is 0 Å². The molecule has 5 nitrogen and oxygen atoms in total. The van der Waals surface area contributed by atoms with Gasteiger partial charge in [0.05, 0.1) is 6.61 Å². The highest BCUT2D eigenvalue weighted by Crippen LogP contribution is 2.24. The molecule has 1 aromatic carbocycles. The van der Waals surface area contributed by atoms with Crippen molar-refractivity contribution in [2.24, 2.45) is 0 Å². The van der Waals surface area contributed by atoms with E-state index in [0.717, 1.165) is 6.42 Å². The van der Waals surface area contributed by atoms with E-state index in [1.54, 1.807) is 18.2 Å². The average Bonchev–Trinajstić information content (AvgIpc) is 2.36. The van der Waals surface area contributed by atoms with Crippen LogP contribution < -0.4 is 15.8 Å². The smallest absolute Gasteiger partial charge is 0.257 e. The molecule has 0 saturated carbocycles. The quantitative estimate of drug-likeness (QED) is 0.654. The van der Waals surface area contributed by atoms with E-state index in [4.69, 9.17) is 15.6 Å². The highest BCUT2D eigenvalue weighted by molar-refractivity contribution is 6.02. The fourth-order valence-corrected chi connectivity index (χ4v) is 1.83. The van der Waals surface area contributed by atoms with Gasteiger partial charge in [0.1, 0.15) is 11.3 Å². The molecule has 0 aliphatic carbocycles. The molecule has 0 bridgehead atoms. The number of carbonyl (C=O) groups excluding carboxylic acids is 1. The first-order valence-electron chi connectivity index (χ1n) is 6.53. The minimum atomic E-state index is -0.244. The van der Waals surface area contributed by atoms with Gasteiger partial charge < -0.3 is 20.9 Å². The van der Waals surface area contributed by atoms with E-state index in [2.05, 4.69) is 5.32 Å². The summed E-state index contributed by atoms with van der Waals surface area (Å²) in [6, 6.07) is 5.14. The minimum Gasteiger partial charge on any atom is -0.493 e. The molecule has 0 aliphatic rings. The van der Waals surface area contributed by atoms with Crippen LogP contribution in [0.15, 0.2) is 18.2 Å². The molecule has 0 radical (unpaired) electrons. The molecular weight excluding hydrogens is 244 g/mol. The molecule has 4 N–H and O–H groups in total. The molecule has 5 heteroatoms. The van der Waals surface area contributed by atoms with E-state index < -0.39 is 0 Å². The first-order valence-corrected chi connectivity index (χ1v) is 6.53. The van der Waals surface area contributed by atoms with Gasteiger partial charge in [-0.3, -0.25) is 4.79 Å². The standard InChI is InChI=1S/C14H22N2O3/c1-3-19-12-8-4-7-11(15)13(12)14(18)16-10(2)6-5-9-17/h4,7-8,10,17H,3,5-6,9,15H2,1-2H3,(H,16,18). The molecule has 1 atom stereocenters. The third kappa shape index (κ3) is 4.44. The van der Waals surface area contributed by atoms with E-state index in [-0.39, 0.29) is 18.6 Å². The number of amides is 1. The van der Waals surface area contributed by atoms with Gasteiger partial charge >= 0.3 is 0 Å². The summed E-state index contributed by atoms with van der Waals surface area (Å²) >= 11 is 0. The lowest BCUT2D eigenvalue weighted by atomic mass is 10.1. The van der Waals surface area contributed by atoms with E-state index >= 15 is 0 Å². The van der Waals surface area contributed by atoms with Crippen LogP contribution in [0.2, 0.25) is 0 Å². The Bertz CT molecular complexity index is 421. The third-order valence-corrected chi connectivity index (χ3v) is 2.76. The lowest BCUT2D eigenvalue weighted by Gasteiger charge is -2.16. The number of ether oxygens (including phenoxy) is 1. The maximum atomic E-state index is 12.2. The monoisotopic (exact) mass is 266 g/mol.